The van der Waals surface area contributed by atoms with Crippen LogP contribution in [0.1, 0.15) is 19.8 Å². The second-order valence-corrected chi connectivity index (χ2v) is 4.58. The number of hydrogen-bond acceptors (Lipinski definition) is 3. The van der Waals surface area contributed by atoms with Crippen molar-refractivity contribution in [2.45, 2.75) is 19.8 Å². The molecule has 4 nitrogen and oxygen atoms in total. The van der Waals surface area contributed by atoms with Crippen LogP contribution >= 0.6 is 0 Å². The van der Waals surface area contributed by atoms with E-state index in [0.717, 1.165) is 39.0 Å². The Kier molecular flexibility index (Phi) is 3.05. The molecule has 1 aliphatic carbocycles. The van der Waals surface area contributed by atoms with Crippen molar-refractivity contribution >= 4 is 11.7 Å². The maximum Gasteiger partial charge on any atom is 0.225 e. The van der Waals surface area contributed by atoms with E-state index in [1.54, 1.807) is 6.92 Å². The van der Waals surface area contributed by atoms with Crippen LogP contribution in [0, 0.1) is 5.92 Å². The SMILES string of the molecule is CC(=O)CN1CCN(C(=O)C2CC2)CC1. The van der Waals surface area contributed by atoms with Crippen LogP contribution in [0.15, 0.2) is 0 Å². The van der Waals surface area contributed by atoms with Crippen LogP contribution in [0.5, 0.6) is 0 Å². The van der Waals surface area contributed by atoms with Crippen molar-refractivity contribution in [3.63, 3.8) is 0 Å². The molecule has 15 heavy (non-hydrogen) atoms. The van der Waals surface area contributed by atoms with Crippen LogP contribution in [0.2, 0.25) is 0 Å². The van der Waals surface area contributed by atoms with E-state index in [-0.39, 0.29) is 5.78 Å². The molecule has 2 aliphatic rings. The minimum absolute atomic E-state index is 0.206. The van der Waals surface area contributed by atoms with Crippen molar-refractivity contribution in [3.8, 4) is 0 Å². The van der Waals surface area contributed by atoms with Gasteiger partial charge in [-0.3, -0.25) is 14.5 Å². The molecule has 0 spiro atoms. The van der Waals surface area contributed by atoms with E-state index in [4.69, 9.17) is 0 Å². The number of piperazine rings is 1. The molecule has 84 valence electrons. The molecule has 1 saturated heterocycles. The van der Waals surface area contributed by atoms with E-state index in [2.05, 4.69) is 4.90 Å². The first-order valence-corrected chi connectivity index (χ1v) is 5.67. The van der Waals surface area contributed by atoms with E-state index in [0.29, 0.717) is 18.4 Å². The zero-order chi connectivity index (χ0) is 10.8. The zero-order valence-corrected chi connectivity index (χ0v) is 9.24. The third kappa shape index (κ3) is 2.78. The highest BCUT2D eigenvalue weighted by molar-refractivity contribution is 5.81. The van der Waals surface area contributed by atoms with Gasteiger partial charge < -0.3 is 4.90 Å². The summed E-state index contributed by atoms with van der Waals surface area (Å²) in [5.41, 5.74) is 0. The van der Waals surface area contributed by atoms with Crippen LogP contribution < -0.4 is 0 Å². The molecule has 0 radical (unpaired) electrons. The highest BCUT2D eigenvalue weighted by Gasteiger charge is 2.34. The molecule has 0 bridgehead atoms. The number of ketones is 1. The minimum atomic E-state index is 0.206. The Morgan fingerprint density at radius 3 is 2.20 bits per heavy atom. The zero-order valence-electron chi connectivity index (χ0n) is 9.24. The van der Waals surface area contributed by atoms with Gasteiger partial charge in [0.2, 0.25) is 5.91 Å². The van der Waals surface area contributed by atoms with Crippen molar-refractivity contribution in [1.29, 1.82) is 0 Å². The lowest BCUT2D eigenvalue weighted by Gasteiger charge is -2.34. The van der Waals surface area contributed by atoms with Gasteiger partial charge in [-0.15, -0.1) is 0 Å². The highest BCUT2D eigenvalue weighted by Crippen LogP contribution is 2.31. The standard InChI is InChI=1S/C11H18N2O2/c1-9(14)8-12-4-6-13(7-5-12)11(15)10-2-3-10/h10H,2-8H2,1H3. The first kappa shape index (κ1) is 10.6. The summed E-state index contributed by atoms with van der Waals surface area (Å²) in [6.07, 6.45) is 2.15. The Hall–Kier alpha value is -0.900. The lowest BCUT2D eigenvalue weighted by Crippen LogP contribution is -2.50. The molecule has 4 heteroatoms. The van der Waals surface area contributed by atoms with Gasteiger partial charge in [-0.2, -0.15) is 0 Å². The third-order valence-electron chi connectivity index (χ3n) is 3.06. The number of amides is 1. The summed E-state index contributed by atoms with van der Waals surface area (Å²) in [6.45, 7) is 5.43. The Bertz CT molecular complexity index is 266. The molecule has 0 aromatic carbocycles. The van der Waals surface area contributed by atoms with Crippen LogP contribution in [0.4, 0.5) is 0 Å². The molecule has 1 aliphatic heterocycles. The smallest absolute Gasteiger partial charge is 0.225 e. The highest BCUT2D eigenvalue weighted by atomic mass is 16.2. The summed E-state index contributed by atoms with van der Waals surface area (Å²) >= 11 is 0. The molecule has 0 N–H and O–H groups in total. The molecule has 1 saturated carbocycles. The van der Waals surface area contributed by atoms with Crippen molar-refractivity contribution in [2.75, 3.05) is 32.7 Å². The molecular formula is C11H18N2O2. The molecule has 0 atom stereocenters. The minimum Gasteiger partial charge on any atom is -0.340 e. The first-order valence-electron chi connectivity index (χ1n) is 5.67. The number of Topliss-reactive ketones (excluding diaryl/α,β-unsaturated/α-hetero) is 1. The van der Waals surface area contributed by atoms with Gasteiger partial charge in [-0.25, -0.2) is 0 Å². The van der Waals surface area contributed by atoms with Gasteiger partial charge in [-0.05, 0) is 19.8 Å². The van der Waals surface area contributed by atoms with Gasteiger partial charge in [0.25, 0.3) is 0 Å². The van der Waals surface area contributed by atoms with Crippen LogP contribution in [-0.2, 0) is 9.59 Å². The molecule has 2 rings (SSSR count). The van der Waals surface area contributed by atoms with Gasteiger partial charge in [-0.1, -0.05) is 0 Å². The van der Waals surface area contributed by atoms with Gasteiger partial charge in [0.05, 0.1) is 6.54 Å². The molecule has 0 unspecified atom stereocenters. The maximum atomic E-state index is 11.7. The number of rotatable bonds is 3. The average Bonchev–Trinajstić information content (AvgIpc) is 3.00. The summed E-state index contributed by atoms with van der Waals surface area (Å²) < 4.78 is 0. The van der Waals surface area contributed by atoms with E-state index in [1.807, 2.05) is 4.90 Å². The van der Waals surface area contributed by atoms with Crippen molar-refractivity contribution in [2.24, 2.45) is 5.92 Å². The normalized spacial score (nSPS) is 22.9. The molecule has 0 aromatic rings. The molecule has 0 aromatic heterocycles. The second-order valence-electron chi connectivity index (χ2n) is 4.58. The molecular weight excluding hydrogens is 192 g/mol. The van der Waals surface area contributed by atoms with E-state index in [9.17, 15) is 9.59 Å². The summed E-state index contributed by atoms with van der Waals surface area (Å²) in [6, 6.07) is 0. The number of carbonyl (C=O) groups excluding carboxylic acids is 2. The van der Waals surface area contributed by atoms with Gasteiger partial charge in [0.15, 0.2) is 0 Å². The number of hydrogen-bond donors (Lipinski definition) is 0. The Balaban J connectivity index is 1.76. The van der Waals surface area contributed by atoms with E-state index in [1.165, 1.54) is 0 Å². The summed E-state index contributed by atoms with van der Waals surface area (Å²) in [7, 11) is 0. The Morgan fingerprint density at radius 2 is 1.73 bits per heavy atom. The topological polar surface area (TPSA) is 40.6 Å². The average molecular weight is 210 g/mol. The lowest BCUT2D eigenvalue weighted by molar-refractivity contribution is -0.134. The van der Waals surface area contributed by atoms with E-state index < -0.39 is 0 Å². The fraction of sp³-hybridized carbons (Fsp3) is 0.818. The largest absolute Gasteiger partial charge is 0.340 e. The Morgan fingerprint density at radius 1 is 1.13 bits per heavy atom. The second kappa shape index (κ2) is 4.31. The quantitative estimate of drug-likeness (QED) is 0.665. The van der Waals surface area contributed by atoms with Gasteiger partial charge in [0, 0.05) is 32.1 Å². The predicted molar refractivity (Wildman–Crippen MR) is 56.4 cm³/mol. The van der Waals surface area contributed by atoms with Crippen LogP contribution in [0.3, 0.4) is 0 Å². The van der Waals surface area contributed by atoms with E-state index >= 15 is 0 Å². The third-order valence-corrected chi connectivity index (χ3v) is 3.06. The Labute approximate surface area is 90.2 Å². The fourth-order valence-corrected chi connectivity index (χ4v) is 2.03. The van der Waals surface area contributed by atoms with Gasteiger partial charge in [0.1, 0.15) is 5.78 Å². The van der Waals surface area contributed by atoms with Gasteiger partial charge >= 0.3 is 0 Å². The van der Waals surface area contributed by atoms with Crippen LogP contribution in [0.25, 0.3) is 0 Å². The molecule has 1 heterocycles. The summed E-state index contributed by atoms with van der Waals surface area (Å²) in [5, 5.41) is 0. The first-order chi connectivity index (χ1) is 7.16. The van der Waals surface area contributed by atoms with Crippen LogP contribution in [-0.4, -0.2) is 54.2 Å². The maximum absolute atomic E-state index is 11.7. The summed E-state index contributed by atoms with van der Waals surface area (Å²) in [5.74, 6) is 0.860. The lowest BCUT2D eigenvalue weighted by atomic mass is 10.2. The molecule has 2 fully saturated rings. The number of nitrogens with zero attached hydrogens (tertiary/aromatic N) is 2. The monoisotopic (exact) mass is 210 g/mol. The fourth-order valence-electron chi connectivity index (χ4n) is 2.03. The van der Waals surface area contributed by atoms with Crippen molar-refractivity contribution < 1.29 is 9.59 Å². The predicted octanol–water partition coefficient (Wildman–Crippen LogP) is 0.130. The van der Waals surface area contributed by atoms with Crippen molar-refractivity contribution in [1.82, 2.24) is 9.80 Å². The number of carbonyl (C=O) groups is 2. The molecule has 1 amide bonds. The summed E-state index contributed by atoms with van der Waals surface area (Å²) in [4.78, 5) is 26.7. The van der Waals surface area contributed by atoms with Crippen molar-refractivity contribution in [3.05, 3.63) is 0 Å².